The molecule has 0 bridgehead atoms. The summed E-state index contributed by atoms with van der Waals surface area (Å²) >= 11 is 0. The largest absolute Gasteiger partial charge is 0.392 e. The van der Waals surface area contributed by atoms with Crippen molar-refractivity contribution in [2.24, 2.45) is 5.92 Å². The third kappa shape index (κ3) is 2.98. The molecule has 12 heavy (non-hydrogen) atoms. The summed E-state index contributed by atoms with van der Waals surface area (Å²) < 4.78 is 0. The van der Waals surface area contributed by atoms with Gasteiger partial charge in [0.25, 0.3) is 0 Å². The molecule has 1 heteroatoms. The minimum atomic E-state index is -0.0772. The SMILES string of the molecule is CCCCCC[C@@H]1C=CC[C@@H]1O. The van der Waals surface area contributed by atoms with Crippen LogP contribution in [0.25, 0.3) is 0 Å². The van der Waals surface area contributed by atoms with E-state index in [1.807, 2.05) is 0 Å². The lowest BCUT2D eigenvalue weighted by molar-refractivity contribution is 0.137. The highest BCUT2D eigenvalue weighted by Gasteiger charge is 2.18. The van der Waals surface area contributed by atoms with Crippen LogP contribution < -0.4 is 0 Å². The van der Waals surface area contributed by atoms with E-state index in [1.54, 1.807) is 0 Å². The van der Waals surface area contributed by atoms with Gasteiger partial charge >= 0.3 is 0 Å². The van der Waals surface area contributed by atoms with Gasteiger partial charge in [-0.15, -0.1) is 0 Å². The molecule has 0 saturated carbocycles. The molecule has 2 atom stereocenters. The zero-order valence-corrected chi connectivity index (χ0v) is 8.00. The summed E-state index contributed by atoms with van der Waals surface area (Å²) in [6.45, 7) is 2.23. The van der Waals surface area contributed by atoms with Gasteiger partial charge in [-0.25, -0.2) is 0 Å². The molecule has 0 heterocycles. The topological polar surface area (TPSA) is 20.2 Å². The fraction of sp³-hybridized carbons (Fsp3) is 0.818. The summed E-state index contributed by atoms with van der Waals surface area (Å²) in [5.41, 5.74) is 0. The number of unbranched alkanes of at least 4 members (excludes halogenated alkanes) is 3. The van der Waals surface area contributed by atoms with Gasteiger partial charge < -0.3 is 5.11 Å². The minimum Gasteiger partial charge on any atom is -0.392 e. The van der Waals surface area contributed by atoms with Gasteiger partial charge in [-0.2, -0.15) is 0 Å². The fourth-order valence-corrected chi connectivity index (χ4v) is 1.79. The Morgan fingerprint density at radius 3 is 2.75 bits per heavy atom. The van der Waals surface area contributed by atoms with E-state index in [0.717, 1.165) is 6.42 Å². The van der Waals surface area contributed by atoms with Gasteiger partial charge in [-0.1, -0.05) is 44.8 Å². The van der Waals surface area contributed by atoms with Crippen LogP contribution in [-0.4, -0.2) is 11.2 Å². The maximum atomic E-state index is 9.48. The number of hydrogen-bond donors (Lipinski definition) is 1. The molecule has 0 aromatic carbocycles. The van der Waals surface area contributed by atoms with Gasteiger partial charge in [0, 0.05) is 5.92 Å². The molecule has 1 aliphatic rings. The lowest BCUT2D eigenvalue weighted by atomic mass is 9.98. The van der Waals surface area contributed by atoms with Crippen molar-refractivity contribution in [2.45, 2.75) is 51.6 Å². The molecule has 0 fully saturated rings. The standard InChI is InChI=1S/C11H20O/c1-2-3-4-5-7-10-8-6-9-11(10)12/h6,8,10-12H,2-5,7,9H2,1H3/t10-,11+/m1/s1. The summed E-state index contributed by atoms with van der Waals surface area (Å²) in [5.74, 6) is 0.460. The molecule has 0 saturated heterocycles. The number of aliphatic hydroxyl groups is 1. The van der Waals surface area contributed by atoms with Crippen molar-refractivity contribution in [3.05, 3.63) is 12.2 Å². The normalized spacial score (nSPS) is 28.2. The monoisotopic (exact) mass is 168 g/mol. The van der Waals surface area contributed by atoms with Crippen LogP contribution >= 0.6 is 0 Å². The predicted octanol–water partition coefficient (Wildman–Crippen LogP) is 2.89. The van der Waals surface area contributed by atoms with Crippen molar-refractivity contribution >= 4 is 0 Å². The van der Waals surface area contributed by atoms with Crippen LogP contribution in [0.1, 0.15) is 45.4 Å². The van der Waals surface area contributed by atoms with Gasteiger partial charge in [-0.3, -0.25) is 0 Å². The van der Waals surface area contributed by atoms with Crippen LogP contribution in [0.2, 0.25) is 0 Å². The second-order valence-electron chi connectivity index (χ2n) is 3.74. The number of aliphatic hydroxyl groups excluding tert-OH is 1. The van der Waals surface area contributed by atoms with E-state index in [2.05, 4.69) is 19.1 Å². The smallest absolute Gasteiger partial charge is 0.0637 e. The van der Waals surface area contributed by atoms with E-state index in [9.17, 15) is 5.11 Å². The zero-order valence-electron chi connectivity index (χ0n) is 8.00. The quantitative estimate of drug-likeness (QED) is 0.494. The number of hydrogen-bond acceptors (Lipinski definition) is 1. The highest BCUT2D eigenvalue weighted by molar-refractivity contribution is 5.01. The first kappa shape index (κ1) is 9.79. The maximum absolute atomic E-state index is 9.48. The minimum absolute atomic E-state index is 0.0772. The van der Waals surface area contributed by atoms with E-state index in [4.69, 9.17) is 0 Å². The Morgan fingerprint density at radius 2 is 2.17 bits per heavy atom. The Morgan fingerprint density at radius 1 is 1.33 bits per heavy atom. The van der Waals surface area contributed by atoms with E-state index in [0.29, 0.717) is 5.92 Å². The molecule has 0 aromatic heterocycles. The summed E-state index contributed by atoms with van der Waals surface area (Å²) in [7, 11) is 0. The Labute approximate surface area is 75.5 Å². The average Bonchev–Trinajstić information content (AvgIpc) is 2.46. The molecule has 0 amide bonds. The summed E-state index contributed by atoms with van der Waals surface area (Å²) in [6, 6.07) is 0. The molecular weight excluding hydrogens is 148 g/mol. The van der Waals surface area contributed by atoms with E-state index in [-0.39, 0.29) is 6.10 Å². The first-order chi connectivity index (χ1) is 5.84. The molecule has 1 nitrogen and oxygen atoms in total. The molecule has 70 valence electrons. The second-order valence-corrected chi connectivity index (χ2v) is 3.74. The molecule has 0 aliphatic heterocycles. The molecule has 0 unspecified atom stereocenters. The second kappa shape index (κ2) is 5.36. The van der Waals surface area contributed by atoms with Crippen molar-refractivity contribution in [1.29, 1.82) is 0 Å². The Hall–Kier alpha value is -0.300. The molecule has 1 rings (SSSR count). The van der Waals surface area contributed by atoms with Crippen LogP contribution in [0, 0.1) is 5.92 Å². The number of rotatable bonds is 5. The first-order valence-corrected chi connectivity index (χ1v) is 5.19. The van der Waals surface area contributed by atoms with Gasteiger partial charge in [-0.05, 0) is 12.8 Å². The summed E-state index contributed by atoms with van der Waals surface area (Å²) in [5, 5.41) is 9.48. The van der Waals surface area contributed by atoms with Crippen molar-refractivity contribution in [3.8, 4) is 0 Å². The lowest BCUT2D eigenvalue weighted by Crippen LogP contribution is -2.12. The van der Waals surface area contributed by atoms with Crippen LogP contribution in [-0.2, 0) is 0 Å². The third-order valence-corrected chi connectivity index (χ3v) is 2.65. The first-order valence-electron chi connectivity index (χ1n) is 5.19. The maximum Gasteiger partial charge on any atom is 0.0637 e. The molecule has 0 spiro atoms. The van der Waals surface area contributed by atoms with E-state index < -0.39 is 0 Å². The summed E-state index contributed by atoms with van der Waals surface area (Å²) in [4.78, 5) is 0. The van der Waals surface area contributed by atoms with Gasteiger partial charge in [0.15, 0.2) is 0 Å². The zero-order chi connectivity index (χ0) is 8.81. The molecule has 1 N–H and O–H groups in total. The summed E-state index contributed by atoms with van der Waals surface area (Å²) in [6.07, 6.45) is 11.5. The Kier molecular flexibility index (Phi) is 4.37. The fourth-order valence-electron chi connectivity index (χ4n) is 1.79. The van der Waals surface area contributed by atoms with Crippen LogP contribution in [0.4, 0.5) is 0 Å². The van der Waals surface area contributed by atoms with Crippen LogP contribution in [0.3, 0.4) is 0 Å². The van der Waals surface area contributed by atoms with E-state index >= 15 is 0 Å². The highest BCUT2D eigenvalue weighted by atomic mass is 16.3. The predicted molar refractivity (Wildman–Crippen MR) is 52.0 cm³/mol. The molecule has 1 aliphatic carbocycles. The van der Waals surface area contributed by atoms with Gasteiger partial charge in [0.1, 0.15) is 0 Å². The van der Waals surface area contributed by atoms with Crippen molar-refractivity contribution in [1.82, 2.24) is 0 Å². The third-order valence-electron chi connectivity index (χ3n) is 2.65. The lowest BCUT2D eigenvalue weighted by Gasteiger charge is -2.12. The molecular formula is C11H20O. The van der Waals surface area contributed by atoms with E-state index in [1.165, 1.54) is 32.1 Å². The molecule has 0 radical (unpaired) electrons. The van der Waals surface area contributed by atoms with Crippen molar-refractivity contribution in [2.75, 3.05) is 0 Å². The van der Waals surface area contributed by atoms with Crippen LogP contribution in [0.15, 0.2) is 12.2 Å². The van der Waals surface area contributed by atoms with Crippen LogP contribution in [0.5, 0.6) is 0 Å². The molecule has 0 aromatic rings. The highest BCUT2D eigenvalue weighted by Crippen LogP contribution is 2.23. The van der Waals surface area contributed by atoms with Gasteiger partial charge in [0.2, 0.25) is 0 Å². The Bertz CT molecular complexity index is 140. The van der Waals surface area contributed by atoms with Crippen molar-refractivity contribution in [3.63, 3.8) is 0 Å². The van der Waals surface area contributed by atoms with Gasteiger partial charge in [0.05, 0.1) is 6.10 Å². The Balaban J connectivity index is 2.02. The van der Waals surface area contributed by atoms with Crippen molar-refractivity contribution < 1.29 is 5.11 Å². The average molecular weight is 168 g/mol.